The average Bonchev–Trinajstić information content (AvgIpc) is 2.74. The van der Waals surface area contributed by atoms with E-state index in [0.29, 0.717) is 18.0 Å². The van der Waals surface area contributed by atoms with Crippen molar-refractivity contribution >= 4 is 29.9 Å². The molecule has 0 fully saturated rings. The van der Waals surface area contributed by atoms with Crippen LogP contribution in [0.3, 0.4) is 0 Å². The van der Waals surface area contributed by atoms with E-state index >= 15 is 0 Å². The van der Waals surface area contributed by atoms with Gasteiger partial charge in [0.05, 0.1) is 27.9 Å². The van der Waals surface area contributed by atoms with E-state index in [1.165, 1.54) is 5.56 Å². The lowest BCUT2D eigenvalue weighted by Crippen LogP contribution is -2.37. The van der Waals surface area contributed by atoms with Crippen molar-refractivity contribution in [1.29, 1.82) is 0 Å². The van der Waals surface area contributed by atoms with Crippen LogP contribution in [0.5, 0.6) is 17.2 Å². The maximum atomic E-state index is 5.48. The van der Waals surface area contributed by atoms with Crippen molar-refractivity contribution in [1.82, 2.24) is 10.6 Å². The summed E-state index contributed by atoms with van der Waals surface area (Å²) in [7, 11) is 4.87. The molecule has 0 amide bonds. The second-order valence-corrected chi connectivity index (χ2v) is 6.23. The van der Waals surface area contributed by atoms with Gasteiger partial charge in [-0.05, 0) is 31.4 Å². The molecule has 0 saturated heterocycles. The molecule has 29 heavy (non-hydrogen) atoms. The SMILES string of the molecule is CCNC(=NCc1cc(OC)c(OC)cc1OC)NCCCc1ccccc1.I. The normalized spacial score (nSPS) is 10.7. The van der Waals surface area contributed by atoms with Gasteiger partial charge in [-0.15, -0.1) is 24.0 Å². The minimum Gasteiger partial charge on any atom is -0.496 e. The quantitative estimate of drug-likeness (QED) is 0.218. The number of hydrogen-bond acceptors (Lipinski definition) is 4. The molecule has 7 heteroatoms. The molecule has 2 aromatic rings. The number of aryl methyl sites for hydroxylation is 1. The first kappa shape index (κ1) is 24.9. The van der Waals surface area contributed by atoms with E-state index in [-0.39, 0.29) is 24.0 Å². The first-order valence-electron chi connectivity index (χ1n) is 9.56. The summed E-state index contributed by atoms with van der Waals surface area (Å²) < 4.78 is 16.2. The number of rotatable bonds is 10. The van der Waals surface area contributed by atoms with Gasteiger partial charge in [0.15, 0.2) is 17.5 Å². The van der Waals surface area contributed by atoms with Gasteiger partial charge in [-0.1, -0.05) is 30.3 Å². The minimum atomic E-state index is 0. The van der Waals surface area contributed by atoms with Crippen molar-refractivity contribution in [2.45, 2.75) is 26.3 Å². The highest BCUT2D eigenvalue weighted by Crippen LogP contribution is 2.34. The van der Waals surface area contributed by atoms with Gasteiger partial charge in [-0.2, -0.15) is 0 Å². The molecule has 0 spiro atoms. The molecule has 160 valence electrons. The molecule has 2 aromatic carbocycles. The molecule has 0 aromatic heterocycles. The molecule has 0 atom stereocenters. The van der Waals surface area contributed by atoms with Crippen LogP contribution >= 0.6 is 24.0 Å². The lowest BCUT2D eigenvalue weighted by Gasteiger charge is -2.14. The molecule has 0 unspecified atom stereocenters. The van der Waals surface area contributed by atoms with Crippen LogP contribution in [0.2, 0.25) is 0 Å². The van der Waals surface area contributed by atoms with Gasteiger partial charge in [-0.3, -0.25) is 0 Å². The Morgan fingerprint density at radius 2 is 1.55 bits per heavy atom. The summed E-state index contributed by atoms with van der Waals surface area (Å²) >= 11 is 0. The Labute approximate surface area is 191 Å². The molecule has 2 N–H and O–H groups in total. The molecule has 0 heterocycles. The van der Waals surface area contributed by atoms with Gasteiger partial charge in [0.1, 0.15) is 5.75 Å². The van der Waals surface area contributed by atoms with Gasteiger partial charge in [0.2, 0.25) is 0 Å². The topological polar surface area (TPSA) is 64.1 Å². The molecular weight excluding hydrogens is 481 g/mol. The van der Waals surface area contributed by atoms with E-state index in [1.807, 2.05) is 18.2 Å². The number of nitrogens with zero attached hydrogens (tertiary/aromatic N) is 1. The standard InChI is InChI=1S/C22H31N3O3.HI/c1-5-23-22(24-13-9-12-17-10-7-6-8-11-17)25-16-18-14-20(27-3)21(28-4)15-19(18)26-2;/h6-8,10-11,14-15H,5,9,12-13,16H2,1-4H3,(H2,23,24,25);1H. The molecule has 2 rings (SSSR count). The molecular formula is C22H32IN3O3. The van der Waals surface area contributed by atoms with Crippen molar-refractivity contribution in [3.63, 3.8) is 0 Å². The number of ether oxygens (including phenoxy) is 3. The number of hydrogen-bond donors (Lipinski definition) is 2. The molecule has 0 aliphatic rings. The van der Waals surface area contributed by atoms with Crippen LogP contribution in [0.1, 0.15) is 24.5 Å². The van der Waals surface area contributed by atoms with E-state index in [0.717, 1.165) is 43.2 Å². The highest BCUT2D eigenvalue weighted by Gasteiger charge is 2.11. The predicted octanol–water partition coefficient (Wildman–Crippen LogP) is 4.02. The van der Waals surface area contributed by atoms with Crippen molar-refractivity contribution < 1.29 is 14.2 Å². The number of benzene rings is 2. The third-order valence-electron chi connectivity index (χ3n) is 4.32. The van der Waals surface area contributed by atoms with E-state index in [1.54, 1.807) is 21.3 Å². The van der Waals surface area contributed by atoms with Gasteiger partial charge >= 0.3 is 0 Å². The third kappa shape index (κ3) is 8.00. The number of guanidine groups is 1. The average molecular weight is 513 g/mol. The monoisotopic (exact) mass is 513 g/mol. The highest BCUT2D eigenvalue weighted by molar-refractivity contribution is 14.0. The second-order valence-electron chi connectivity index (χ2n) is 6.23. The van der Waals surface area contributed by atoms with Gasteiger partial charge < -0.3 is 24.8 Å². The number of halogens is 1. The molecule has 0 aliphatic carbocycles. The minimum absolute atomic E-state index is 0. The van der Waals surface area contributed by atoms with Crippen LogP contribution in [0.4, 0.5) is 0 Å². The summed E-state index contributed by atoms with van der Waals surface area (Å²) in [4.78, 5) is 4.69. The number of methoxy groups -OCH3 is 3. The maximum absolute atomic E-state index is 5.48. The fraction of sp³-hybridized carbons (Fsp3) is 0.409. The third-order valence-corrected chi connectivity index (χ3v) is 4.32. The van der Waals surface area contributed by atoms with E-state index in [4.69, 9.17) is 14.2 Å². The Bertz CT molecular complexity index is 754. The molecule has 0 aliphatic heterocycles. The van der Waals surface area contributed by atoms with Crippen molar-refractivity contribution in [2.75, 3.05) is 34.4 Å². The first-order valence-corrected chi connectivity index (χ1v) is 9.56. The first-order chi connectivity index (χ1) is 13.7. The Morgan fingerprint density at radius 3 is 2.17 bits per heavy atom. The Balaban J connectivity index is 0.00000420. The fourth-order valence-corrected chi connectivity index (χ4v) is 2.87. The van der Waals surface area contributed by atoms with Crippen LogP contribution in [0.25, 0.3) is 0 Å². The van der Waals surface area contributed by atoms with Crippen LogP contribution < -0.4 is 24.8 Å². The zero-order valence-corrected chi connectivity index (χ0v) is 20.0. The summed E-state index contributed by atoms with van der Waals surface area (Å²) in [6.45, 7) is 4.17. The van der Waals surface area contributed by atoms with Crippen molar-refractivity contribution in [3.8, 4) is 17.2 Å². The predicted molar refractivity (Wildman–Crippen MR) is 129 cm³/mol. The summed E-state index contributed by atoms with van der Waals surface area (Å²) in [5.41, 5.74) is 2.28. The Kier molecular flexibility index (Phi) is 11.9. The van der Waals surface area contributed by atoms with Gasteiger partial charge in [0.25, 0.3) is 0 Å². The van der Waals surface area contributed by atoms with E-state index < -0.39 is 0 Å². The summed E-state index contributed by atoms with van der Waals surface area (Å²) in [5.74, 6) is 2.81. The van der Waals surface area contributed by atoms with Crippen LogP contribution in [-0.4, -0.2) is 40.4 Å². The fourth-order valence-electron chi connectivity index (χ4n) is 2.87. The lowest BCUT2D eigenvalue weighted by atomic mass is 10.1. The zero-order valence-electron chi connectivity index (χ0n) is 17.7. The van der Waals surface area contributed by atoms with Crippen LogP contribution in [0.15, 0.2) is 47.5 Å². The maximum Gasteiger partial charge on any atom is 0.191 e. The van der Waals surface area contributed by atoms with Crippen LogP contribution in [0, 0.1) is 0 Å². The second kappa shape index (κ2) is 13.9. The lowest BCUT2D eigenvalue weighted by molar-refractivity contribution is 0.347. The molecule has 6 nitrogen and oxygen atoms in total. The van der Waals surface area contributed by atoms with Crippen molar-refractivity contribution in [2.24, 2.45) is 4.99 Å². The molecule has 0 radical (unpaired) electrons. The number of nitrogens with one attached hydrogen (secondary N) is 2. The summed E-state index contributed by atoms with van der Waals surface area (Å²) in [6.07, 6.45) is 2.07. The number of aliphatic imine (C=N–C) groups is 1. The largest absolute Gasteiger partial charge is 0.496 e. The van der Waals surface area contributed by atoms with Gasteiger partial charge in [0, 0.05) is 24.7 Å². The summed E-state index contributed by atoms with van der Waals surface area (Å²) in [5, 5.41) is 6.67. The molecule has 0 saturated carbocycles. The van der Waals surface area contributed by atoms with E-state index in [2.05, 4.69) is 46.8 Å². The smallest absolute Gasteiger partial charge is 0.191 e. The Hall–Kier alpha value is -2.16. The molecule has 0 bridgehead atoms. The Morgan fingerprint density at radius 1 is 0.897 bits per heavy atom. The highest BCUT2D eigenvalue weighted by atomic mass is 127. The van der Waals surface area contributed by atoms with Crippen LogP contribution in [-0.2, 0) is 13.0 Å². The zero-order chi connectivity index (χ0) is 20.2. The van der Waals surface area contributed by atoms with Gasteiger partial charge in [-0.25, -0.2) is 4.99 Å². The summed E-state index contributed by atoms with van der Waals surface area (Å²) in [6, 6.07) is 14.2. The van der Waals surface area contributed by atoms with Crippen molar-refractivity contribution in [3.05, 3.63) is 53.6 Å². The van der Waals surface area contributed by atoms with E-state index in [9.17, 15) is 0 Å².